The summed E-state index contributed by atoms with van der Waals surface area (Å²) >= 11 is 1.61. The van der Waals surface area contributed by atoms with Gasteiger partial charge in [0.2, 0.25) is 5.95 Å². The van der Waals surface area contributed by atoms with Gasteiger partial charge in [-0.15, -0.1) is 0 Å². The second-order valence-corrected chi connectivity index (χ2v) is 12.3. The summed E-state index contributed by atoms with van der Waals surface area (Å²) in [5.41, 5.74) is -0.798. The van der Waals surface area contributed by atoms with E-state index in [4.69, 9.17) is 12.6 Å². The normalized spacial score (nSPS) is 14.9. The molecule has 4 rings (SSSR count). The summed E-state index contributed by atoms with van der Waals surface area (Å²) in [6.45, 7) is 5.65. The fourth-order valence-electron chi connectivity index (χ4n) is 5.68. The third-order valence-electron chi connectivity index (χ3n) is 8.11. The maximum atomic E-state index is 13.8. The molecule has 1 atom stereocenters. The number of nitrogens with zero attached hydrogens (tertiary/aromatic N) is 4. The lowest BCUT2D eigenvalue weighted by molar-refractivity contribution is -0.143. The number of ether oxygens (including phenoxy) is 1. The van der Waals surface area contributed by atoms with Crippen LogP contribution in [0.3, 0.4) is 0 Å². The molecule has 45 heavy (non-hydrogen) atoms. The number of aromatic nitrogens is 2. The minimum atomic E-state index is -4.98. The third kappa shape index (κ3) is 9.23. The number of hydrogen-bond acceptors (Lipinski definition) is 6. The summed E-state index contributed by atoms with van der Waals surface area (Å²) in [6.07, 6.45) is -0.451. The fourth-order valence-corrected chi connectivity index (χ4v) is 5.93. The van der Waals surface area contributed by atoms with Gasteiger partial charge in [0.15, 0.2) is 5.75 Å². The predicted octanol–water partition coefficient (Wildman–Crippen LogP) is 7.83. The molecule has 1 unspecified atom stereocenters. The van der Waals surface area contributed by atoms with Crippen LogP contribution >= 0.6 is 11.8 Å². The highest BCUT2D eigenvalue weighted by Gasteiger charge is 2.38. The molecular formula is C32H37BF6N4OS. The van der Waals surface area contributed by atoms with Crippen LogP contribution < -0.4 is 20.0 Å². The van der Waals surface area contributed by atoms with E-state index in [-0.39, 0.29) is 24.1 Å². The molecule has 13 heteroatoms. The first-order valence-electron chi connectivity index (χ1n) is 14.9. The molecule has 1 saturated carbocycles. The van der Waals surface area contributed by atoms with Crippen LogP contribution in [-0.4, -0.2) is 49.5 Å². The molecule has 1 aliphatic carbocycles. The van der Waals surface area contributed by atoms with Crippen molar-refractivity contribution >= 4 is 36.7 Å². The van der Waals surface area contributed by atoms with Gasteiger partial charge in [0.05, 0.1) is 36.2 Å². The first kappa shape index (κ1) is 34.8. The van der Waals surface area contributed by atoms with Gasteiger partial charge in [-0.1, -0.05) is 30.4 Å². The lowest BCUT2D eigenvalue weighted by Crippen LogP contribution is -2.33. The quantitative estimate of drug-likeness (QED) is 0.107. The zero-order valence-corrected chi connectivity index (χ0v) is 26.4. The van der Waals surface area contributed by atoms with Crippen LogP contribution in [-0.2, 0) is 18.9 Å². The Kier molecular flexibility index (Phi) is 11.6. The summed E-state index contributed by atoms with van der Waals surface area (Å²) in [5, 5.41) is 0. The Hall–Kier alpha value is -3.09. The maximum Gasteiger partial charge on any atom is 0.416 e. The fraction of sp³-hybridized carbons (Fsp3) is 0.500. The van der Waals surface area contributed by atoms with E-state index in [0.717, 1.165) is 48.5 Å². The number of anilines is 2. The van der Waals surface area contributed by atoms with Crippen LogP contribution in [0.1, 0.15) is 67.8 Å². The van der Waals surface area contributed by atoms with E-state index >= 15 is 0 Å². The first-order chi connectivity index (χ1) is 21.3. The number of rotatable bonds is 13. The molecule has 0 spiro atoms. The third-order valence-corrected chi connectivity index (χ3v) is 8.68. The van der Waals surface area contributed by atoms with E-state index in [1.807, 2.05) is 12.3 Å². The van der Waals surface area contributed by atoms with Gasteiger partial charge in [0.25, 0.3) is 0 Å². The Morgan fingerprint density at radius 3 is 2.16 bits per heavy atom. The Morgan fingerprint density at radius 1 is 0.978 bits per heavy atom. The van der Waals surface area contributed by atoms with Crippen molar-refractivity contribution in [3.63, 3.8) is 0 Å². The molecule has 0 N–H and O–H groups in total. The zero-order chi connectivity index (χ0) is 32.8. The monoisotopic (exact) mass is 650 g/mol. The van der Waals surface area contributed by atoms with Gasteiger partial charge in [0.1, 0.15) is 7.85 Å². The highest BCUT2D eigenvalue weighted by atomic mass is 32.2. The summed E-state index contributed by atoms with van der Waals surface area (Å²) in [7, 11) is 6.21. The van der Waals surface area contributed by atoms with E-state index in [1.54, 1.807) is 35.7 Å². The van der Waals surface area contributed by atoms with Crippen LogP contribution in [0, 0.1) is 5.92 Å². The molecule has 2 radical (unpaired) electrons. The van der Waals surface area contributed by atoms with Crippen LogP contribution in [0.25, 0.3) is 0 Å². The van der Waals surface area contributed by atoms with Crippen molar-refractivity contribution in [3.05, 3.63) is 71.0 Å². The molecule has 5 nitrogen and oxygen atoms in total. The van der Waals surface area contributed by atoms with Crippen LogP contribution in [0.2, 0.25) is 0 Å². The molecule has 0 bridgehead atoms. The van der Waals surface area contributed by atoms with Gasteiger partial charge in [0, 0.05) is 31.1 Å². The molecule has 3 aromatic rings. The summed E-state index contributed by atoms with van der Waals surface area (Å²) in [5.74, 6) is 1.81. The number of alkyl halides is 6. The molecule has 1 heterocycles. The lowest BCUT2D eigenvalue weighted by atomic mass is 9.92. The standard InChI is InChI=1S/C32H37BF6N4OS/c1-4-42(19-22-7-5-6-8-22)29-10-9-27(33)15-24(29)20-43(30-40-17-28(18-41-30)44-11-12-45-3)21(2)23-13-25(31(34,35)36)16-26(14-23)32(37,38)39/h9-10,13-18,21-22H,4-8,11-12,19-20H2,1-3H3. The van der Waals surface area contributed by atoms with E-state index in [2.05, 4.69) is 21.8 Å². The molecule has 0 aliphatic heterocycles. The molecule has 2 aromatic carbocycles. The van der Waals surface area contributed by atoms with Gasteiger partial charge in [-0.2, -0.15) is 38.1 Å². The van der Waals surface area contributed by atoms with Crippen molar-refractivity contribution in [3.8, 4) is 5.75 Å². The Bertz CT molecular complexity index is 1370. The molecule has 0 amide bonds. The van der Waals surface area contributed by atoms with Crippen LogP contribution in [0.15, 0.2) is 48.8 Å². The highest BCUT2D eigenvalue weighted by molar-refractivity contribution is 7.98. The molecule has 1 aromatic heterocycles. The summed E-state index contributed by atoms with van der Waals surface area (Å²) in [6, 6.07) is 6.16. The zero-order valence-electron chi connectivity index (χ0n) is 25.6. The van der Waals surface area contributed by atoms with E-state index in [0.29, 0.717) is 30.3 Å². The SMILES string of the molecule is [B]c1ccc(N(CC)CC2CCCC2)c(CN(c2ncc(OCCSC)cn2)C(C)c2cc(C(F)(F)F)cc(C(F)(F)F)c2)c1. The second-order valence-electron chi connectivity index (χ2n) is 11.3. The minimum Gasteiger partial charge on any atom is -0.489 e. The maximum absolute atomic E-state index is 13.8. The van der Waals surface area contributed by atoms with Crippen molar-refractivity contribution < 1.29 is 31.1 Å². The van der Waals surface area contributed by atoms with E-state index < -0.39 is 29.5 Å². The van der Waals surface area contributed by atoms with Gasteiger partial charge in [-0.05, 0) is 74.3 Å². The number of benzene rings is 2. The first-order valence-corrected chi connectivity index (χ1v) is 16.3. The van der Waals surface area contributed by atoms with E-state index in [9.17, 15) is 26.3 Å². The summed E-state index contributed by atoms with van der Waals surface area (Å²) in [4.78, 5) is 12.7. The minimum absolute atomic E-state index is 0.0764. The number of thioether (sulfide) groups is 1. The van der Waals surface area contributed by atoms with Gasteiger partial charge in [-0.25, -0.2) is 9.97 Å². The topological polar surface area (TPSA) is 41.5 Å². The van der Waals surface area contributed by atoms with Gasteiger partial charge in [-0.3, -0.25) is 0 Å². The molecule has 0 saturated heterocycles. The highest BCUT2D eigenvalue weighted by Crippen LogP contribution is 2.39. The second kappa shape index (κ2) is 15.0. The Balaban J connectivity index is 1.78. The van der Waals surface area contributed by atoms with Crippen molar-refractivity contribution in [1.29, 1.82) is 0 Å². The average molecular weight is 651 g/mol. The lowest BCUT2D eigenvalue weighted by Gasteiger charge is -2.34. The number of halogens is 6. The van der Waals surface area contributed by atoms with Gasteiger partial charge < -0.3 is 14.5 Å². The van der Waals surface area contributed by atoms with Crippen molar-refractivity contribution in [2.45, 2.75) is 64.5 Å². The van der Waals surface area contributed by atoms with Crippen LogP contribution in [0.4, 0.5) is 38.0 Å². The molecule has 1 aliphatic rings. The predicted molar refractivity (Wildman–Crippen MR) is 169 cm³/mol. The average Bonchev–Trinajstić information content (AvgIpc) is 3.51. The van der Waals surface area contributed by atoms with E-state index in [1.165, 1.54) is 25.2 Å². The Labute approximate surface area is 266 Å². The smallest absolute Gasteiger partial charge is 0.416 e. The van der Waals surface area contributed by atoms with Crippen molar-refractivity contribution in [1.82, 2.24) is 9.97 Å². The van der Waals surface area contributed by atoms with Crippen LogP contribution in [0.5, 0.6) is 5.75 Å². The van der Waals surface area contributed by atoms with Crippen molar-refractivity contribution in [2.75, 3.05) is 41.5 Å². The Morgan fingerprint density at radius 2 is 1.60 bits per heavy atom. The molecule has 1 fully saturated rings. The molecular weight excluding hydrogens is 613 g/mol. The van der Waals surface area contributed by atoms with Gasteiger partial charge >= 0.3 is 12.4 Å². The molecule has 242 valence electrons. The summed E-state index contributed by atoms with van der Waals surface area (Å²) < 4.78 is 88.4. The largest absolute Gasteiger partial charge is 0.489 e. The van der Waals surface area contributed by atoms with Crippen molar-refractivity contribution in [2.24, 2.45) is 5.92 Å². The number of hydrogen-bond donors (Lipinski definition) is 0.